The Morgan fingerprint density at radius 1 is 1.29 bits per heavy atom. The van der Waals surface area contributed by atoms with Crippen LogP contribution in [0.1, 0.15) is 46.5 Å². The van der Waals surface area contributed by atoms with Crippen LogP contribution >= 0.6 is 0 Å². The van der Waals surface area contributed by atoms with Crippen molar-refractivity contribution >= 4 is 15.7 Å². The summed E-state index contributed by atoms with van der Waals surface area (Å²) < 4.78 is 21.9. The van der Waals surface area contributed by atoms with Gasteiger partial charge in [0.25, 0.3) is 0 Å². The van der Waals surface area contributed by atoms with Crippen LogP contribution in [0.3, 0.4) is 0 Å². The van der Waals surface area contributed by atoms with Gasteiger partial charge in [-0.1, -0.05) is 33.6 Å². The summed E-state index contributed by atoms with van der Waals surface area (Å²) in [4.78, 5) is 11.4. The van der Waals surface area contributed by atoms with E-state index < -0.39 is 21.5 Å². The average molecular weight is 263 g/mol. The minimum atomic E-state index is -3.23. The molecule has 0 aromatic rings. The van der Waals surface area contributed by atoms with Gasteiger partial charge in [-0.15, -0.1) is 0 Å². The molecule has 1 N–H and O–H groups in total. The molecule has 0 rings (SSSR count). The molecule has 1 unspecified atom stereocenters. The largest absolute Gasteiger partial charge is 0.355 e. The second-order valence-corrected chi connectivity index (χ2v) is 7.25. The van der Waals surface area contributed by atoms with Crippen LogP contribution in [0, 0.1) is 5.41 Å². The van der Waals surface area contributed by atoms with E-state index in [2.05, 4.69) is 26.1 Å². The SMILES string of the molecule is CCCCC(C)(CC)CNC(=O)CS(C)(=O)=O. The van der Waals surface area contributed by atoms with E-state index in [0.29, 0.717) is 6.54 Å². The van der Waals surface area contributed by atoms with Crippen molar-refractivity contribution < 1.29 is 13.2 Å². The fourth-order valence-electron chi connectivity index (χ4n) is 1.59. The van der Waals surface area contributed by atoms with Crippen LogP contribution in [-0.4, -0.2) is 32.9 Å². The molecule has 0 radical (unpaired) electrons. The topological polar surface area (TPSA) is 63.2 Å². The third kappa shape index (κ3) is 8.18. The Balaban J connectivity index is 4.18. The first-order valence-corrected chi connectivity index (χ1v) is 8.23. The van der Waals surface area contributed by atoms with Crippen LogP contribution in [0.25, 0.3) is 0 Å². The van der Waals surface area contributed by atoms with Crippen LogP contribution in [0.4, 0.5) is 0 Å². The van der Waals surface area contributed by atoms with E-state index >= 15 is 0 Å². The predicted octanol–water partition coefficient (Wildman–Crippen LogP) is 1.75. The normalized spacial score (nSPS) is 15.3. The Hall–Kier alpha value is -0.580. The van der Waals surface area contributed by atoms with Crippen LogP contribution < -0.4 is 5.32 Å². The van der Waals surface area contributed by atoms with Gasteiger partial charge in [-0.3, -0.25) is 4.79 Å². The highest BCUT2D eigenvalue weighted by Crippen LogP contribution is 2.26. The third-order valence-electron chi connectivity index (χ3n) is 3.09. The molecule has 1 atom stereocenters. The van der Waals surface area contributed by atoms with Gasteiger partial charge in [-0.25, -0.2) is 8.42 Å². The zero-order valence-electron chi connectivity index (χ0n) is 11.4. The van der Waals surface area contributed by atoms with Crippen molar-refractivity contribution in [2.75, 3.05) is 18.6 Å². The maximum absolute atomic E-state index is 11.4. The van der Waals surface area contributed by atoms with Crippen LogP contribution in [0.5, 0.6) is 0 Å². The monoisotopic (exact) mass is 263 g/mol. The van der Waals surface area contributed by atoms with Gasteiger partial charge in [-0.2, -0.15) is 0 Å². The number of carbonyl (C=O) groups is 1. The number of rotatable bonds is 8. The van der Waals surface area contributed by atoms with Crippen molar-refractivity contribution in [3.05, 3.63) is 0 Å². The molecule has 4 nitrogen and oxygen atoms in total. The van der Waals surface area contributed by atoms with E-state index in [0.717, 1.165) is 31.9 Å². The first-order valence-electron chi connectivity index (χ1n) is 6.17. The van der Waals surface area contributed by atoms with E-state index in [1.54, 1.807) is 0 Å². The Bertz CT molecular complexity index is 338. The van der Waals surface area contributed by atoms with Crippen molar-refractivity contribution in [3.63, 3.8) is 0 Å². The standard InChI is InChI=1S/C12H25NO3S/c1-5-7-8-12(3,6-2)10-13-11(14)9-17(4,15)16/h5-10H2,1-4H3,(H,13,14). The van der Waals surface area contributed by atoms with Gasteiger partial charge in [0.15, 0.2) is 9.84 Å². The molecule has 0 aliphatic rings. The number of sulfone groups is 1. The van der Waals surface area contributed by atoms with Gasteiger partial charge in [0.2, 0.25) is 5.91 Å². The zero-order chi connectivity index (χ0) is 13.5. The maximum atomic E-state index is 11.4. The van der Waals surface area contributed by atoms with Crippen molar-refractivity contribution in [1.29, 1.82) is 0 Å². The highest BCUT2D eigenvalue weighted by Gasteiger charge is 2.22. The Morgan fingerprint density at radius 2 is 1.88 bits per heavy atom. The lowest BCUT2D eigenvalue weighted by Gasteiger charge is -2.28. The summed E-state index contributed by atoms with van der Waals surface area (Å²) in [6, 6.07) is 0. The lowest BCUT2D eigenvalue weighted by molar-refractivity contribution is -0.119. The van der Waals surface area contributed by atoms with E-state index in [-0.39, 0.29) is 5.41 Å². The molecule has 0 heterocycles. The molecule has 0 fully saturated rings. The summed E-state index contributed by atoms with van der Waals surface area (Å²) in [5, 5.41) is 2.72. The molecule has 102 valence electrons. The molecule has 0 aliphatic heterocycles. The highest BCUT2D eigenvalue weighted by atomic mass is 32.2. The summed E-state index contributed by atoms with van der Waals surface area (Å²) >= 11 is 0. The molecular weight excluding hydrogens is 238 g/mol. The van der Waals surface area contributed by atoms with Crippen LogP contribution in [-0.2, 0) is 14.6 Å². The number of hydrogen-bond acceptors (Lipinski definition) is 3. The van der Waals surface area contributed by atoms with Gasteiger partial charge in [0, 0.05) is 12.8 Å². The van der Waals surface area contributed by atoms with Gasteiger partial charge in [-0.05, 0) is 18.3 Å². The van der Waals surface area contributed by atoms with E-state index in [1.807, 2.05) is 0 Å². The summed E-state index contributed by atoms with van der Waals surface area (Å²) in [6.45, 7) is 6.91. The fourth-order valence-corrected chi connectivity index (χ4v) is 2.17. The molecule has 0 saturated carbocycles. The molecule has 0 aliphatic carbocycles. The summed E-state index contributed by atoms with van der Waals surface area (Å²) in [5.41, 5.74) is 0.0726. The molecule has 0 aromatic heterocycles. The van der Waals surface area contributed by atoms with Crippen LogP contribution in [0.15, 0.2) is 0 Å². The Kier molecular flexibility index (Phi) is 6.75. The van der Waals surface area contributed by atoms with Crippen molar-refractivity contribution in [2.24, 2.45) is 5.41 Å². The first kappa shape index (κ1) is 16.4. The lowest BCUT2D eigenvalue weighted by Crippen LogP contribution is -2.38. The smallest absolute Gasteiger partial charge is 0.235 e. The van der Waals surface area contributed by atoms with E-state index in [1.165, 1.54) is 0 Å². The molecule has 0 saturated heterocycles. The van der Waals surface area contributed by atoms with Gasteiger partial charge < -0.3 is 5.32 Å². The highest BCUT2D eigenvalue weighted by molar-refractivity contribution is 7.91. The first-order chi connectivity index (χ1) is 7.72. The zero-order valence-corrected chi connectivity index (χ0v) is 12.2. The Labute approximate surface area is 105 Å². The second kappa shape index (κ2) is 6.99. The summed E-state index contributed by atoms with van der Waals surface area (Å²) in [6.07, 6.45) is 5.37. The van der Waals surface area contributed by atoms with Gasteiger partial charge in [0.1, 0.15) is 5.75 Å². The number of hydrogen-bond donors (Lipinski definition) is 1. The summed E-state index contributed by atoms with van der Waals surface area (Å²) in [7, 11) is -3.23. The second-order valence-electron chi connectivity index (χ2n) is 5.11. The number of nitrogens with one attached hydrogen (secondary N) is 1. The van der Waals surface area contributed by atoms with Crippen molar-refractivity contribution in [1.82, 2.24) is 5.32 Å². The Morgan fingerprint density at radius 3 is 2.29 bits per heavy atom. The minimum Gasteiger partial charge on any atom is -0.355 e. The average Bonchev–Trinajstić information content (AvgIpc) is 2.21. The predicted molar refractivity (Wildman–Crippen MR) is 70.6 cm³/mol. The molecule has 0 bridgehead atoms. The molecule has 1 amide bonds. The van der Waals surface area contributed by atoms with Crippen molar-refractivity contribution in [2.45, 2.75) is 46.5 Å². The lowest BCUT2D eigenvalue weighted by atomic mass is 9.82. The minimum absolute atomic E-state index is 0.0726. The number of amides is 1. The van der Waals surface area contributed by atoms with Crippen molar-refractivity contribution in [3.8, 4) is 0 Å². The quantitative estimate of drug-likeness (QED) is 0.725. The maximum Gasteiger partial charge on any atom is 0.235 e. The molecule has 0 aromatic carbocycles. The van der Waals surface area contributed by atoms with Gasteiger partial charge >= 0.3 is 0 Å². The molecule has 5 heteroatoms. The summed E-state index contributed by atoms with van der Waals surface area (Å²) in [5.74, 6) is -0.815. The fraction of sp³-hybridized carbons (Fsp3) is 0.917. The molecular formula is C12H25NO3S. The van der Waals surface area contributed by atoms with E-state index in [4.69, 9.17) is 0 Å². The van der Waals surface area contributed by atoms with Gasteiger partial charge in [0.05, 0.1) is 0 Å². The third-order valence-corrected chi connectivity index (χ3v) is 3.88. The van der Waals surface area contributed by atoms with Crippen LogP contribution in [0.2, 0.25) is 0 Å². The molecule has 17 heavy (non-hydrogen) atoms. The van der Waals surface area contributed by atoms with E-state index in [9.17, 15) is 13.2 Å². The number of carbonyl (C=O) groups excluding carboxylic acids is 1. The molecule has 0 spiro atoms. The number of unbranched alkanes of at least 4 members (excludes halogenated alkanes) is 1.